The van der Waals surface area contributed by atoms with Crippen LogP contribution in [0.4, 0.5) is 5.69 Å². The second-order valence-electron chi connectivity index (χ2n) is 6.92. The van der Waals surface area contributed by atoms with Crippen LogP contribution in [0.2, 0.25) is 0 Å². The number of hydrogen-bond donors (Lipinski definition) is 1. The van der Waals surface area contributed by atoms with E-state index in [9.17, 15) is 4.79 Å². The number of aromatic nitrogens is 2. The summed E-state index contributed by atoms with van der Waals surface area (Å²) in [5, 5.41) is 0. The predicted octanol–water partition coefficient (Wildman–Crippen LogP) is 4.14. The molecular weight excluding hydrogens is 322 g/mol. The largest absolute Gasteiger partial charge is 0.346 e. The van der Waals surface area contributed by atoms with E-state index in [1.54, 1.807) is 0 Å². The van der Waals surface area contributed by atoms with Crippen molar-refractivity contribution in [2.75, 3.05) is 11.4 Å². The zero-order chi connectivity index (χ0) is 18.1. The fourth-order valence-corrected chi connectivity index (χ4v) is 3.71. The summed E-state index contributed by atoms with van der Waals surface area (Å²) < 4.78 is 0. The maximum Gasteiger partial charge on any atom is 0.227 e. The number of carbonyl (C=O) groups is 1. The number of benzene rings is 2. The summed E-state index contributed by atoms with van der Waals surface area (Å²) >= 11 is 0. The van der Waals surface area contributed by atoms with Gasteiger partial charge in [-0.15, -0.1) is 0 Å². The highest BCUT2D eigenvalue weighted by Gasteiger charge is 2.32. The van der Waals surface area contributed by atoms with E-state index in [-0.39, 0.29) is 11.8 Å². The number of imidazole rings is 1. The maximum absolute atomic E-state index is 12.9. The number of nitrogens with zero attached hydrogens (tertiary/aromatic N) is 2. The first-order valence-electron chi connectivity index (χ1n) is 9.10. The number of rotatable bonds is 4. The van der Waals surface area contributed by atoms with Crippen LogP contribution in [-0.2, 0) is 11.2 Å². The smallest absolute Gasteiger partial charge is 0.227 e. The molecule has 1 aliphatic heterocycles. The van der Waals surface area contributed by atoms with E-state index in [1.165, 1.54) is 11.1 Å². The van der Waals surface area contributed by atoms with Crippen LogP contribution < -0.4 is 4.90 Å². The van der Waals surface area contributed by atoms with Crippen LogP contribution in [0.5, 0.6) is 0 Å². The topological polar surface area (TPSA) is 49.0 Å². The fraction of sp³-hybridized carbons (Fsp3) is 0.273. The van der Waals surface area contributed by atoms with Gasteiger partial charge in [0.2, 0.25) is 5.91 Å². The summed E-state index contributed by atoms with van der Waals surface area (Å²) in [5.74, 6) is 1.28. The van der Waals surface area contributed by atoms with E-state index in [4.69, 9.17) is 0 Å². The Morgan fingerprint density at radius 3 is 2.58 bits per heavy atom. The number of carbonyl (C=O) groups excluding carboxylic acids is 1. The lowest BCUT2D eigenvalue weighted by atomic mass is 9.93. The molecule has 0 bridgehead atoms. The molecule has 4 heteroatoms. The van der Waals surface area contributed by atoms with Crippen molar-refractivity contribution in [1.82, 2.24) is 9.97 Å². The average Bonchev–Trinajstić information content (AvgIpc) is 3.21. The molecule has 1 N–H and O–H groups in total. The third-order valence-corrected chi connectivity index (χ3v) is 5.22. The van der Waals surface area contributed by atoms with Crippen LogP contribution >= 0.6 is 0 Å². The number of hydrogen-bond acceptors (Lipinski definition) is 2. The van der Waals surface area contributed by atoms with Crippen molar-refractivity contribution in [3.8, 4) is 0 Å². The lowest BCUT2D eigenvalue weighted by Crippen LogP contribution is -2.30. The fourth-order valence-electron chi connectivity index (χ4n) is 3.71. The average molecular weight is 345 g/mol. The molecule has 132 valence electrons. The van der Waals surface area contributed by atoms with Crippen molar-refractivity contribution in [1.29, 1.82) is 0 Å². The minimum Gasteiger partial charge on any atom is -0.346 e. The van der Waals surface area contributed by atoms with E-state index < -0.39 is 0 Å². The second kappa shape index (κ2) is 6.79. The van der Waals surface area contributed by atoms with Crippen molar-refractivity contribution in [3.05, 3.63) is 82.9 Å². The molecule has 4 rings (SSSR count). The molecule has 0 saturated heterocycles. The van der Waals surface area contributed by atoms with Crippen LogP contribution in [0, 0.1) is 13.8 Å². The van der Waals surface area contributed by atoms with Gasteiger partial charge >= 0.3 is 0 Å². The summed E-state index contributed by atoms with van der Waals surface area (Å²) in [7, 11) is 0. The molecule has 0 spiro atoms. The third-order valence-electron chi connectivity index (χ3n) is 5.22. The number of nitrogens with one attached hydrogen (secondary N) is 1. The van der Waals surface area contributed by atoms with Crippen molar-refractivity contribution >= 4 is 11.6 Å². The molecule has 0 saturated carbocycles. The van der Waals surface area contributed by atoms with E-state index in [2.05, 4.69) is 52.4 Å². The van der Waals surface area contributed by atoms with Crippen molar-refractivity contribution in [2.45, 2.75) is 32.6 Å². The van der Waals surface area contributed by atoms with Gasteiger partial charge in [0.05, 0.1) is 5.69 Å². The highest BCUT2D eigenvalue weighted by atomic mass is 16.2. The van der Waals surface area contributed by atoms with E-state index in [0.29, 0.717) is 19.4 Å². The normalized spacial score (nSPS) is 15.9. The zero-order valence-electron chi connectivity index (χ0n) is 15.2. The number of aryl methyl sites for hydroxylation is 3. The molecule has 3 aromatic rings. The summed E-state index contributed by atoms with van der Waals surface area (Å²) in [4.78, 5) is 22.6. The summed E-state index contributed by atoms with van der Waals surface area (Å²) in [6.07, 6.45) is 1.10. The highest BCUT2D eigenvalue weighted by Crippen LogP contribution is 2.40. The number of para-hydroxylation sites is 1. The molecular formula is C22H23N3O. The molecule has 4 nitrogen and oxygen atoms in total. The first-order chi connectivity index (χ1) is 12.6. The van der Waals surface area contributed by atoms with Gasteiger partial charge in [0, 0.05) is 36.7 Å². The van der Waals surface area contributed by atoms with Gasteiger partial charge in [-0.1, -0.05) is 48.5 Å². The third kappa shape index (κ3) is 3.03. The Kier molecular flexibility index (Phi) is 4.33. The lowest BCUT2D eigenvalue weighted by molar-refractivity contribution is -0.118. The minimum absolute atomic E-state index is 0.155. The van der Waals surface area contributed by atoms with Gasteiger partial charge in [-0.2, -0.15) is 0 Å². The number of anilines is 1. The van der Waals surface area contributed by atoms with Crippen LogP contribution in [0.3, 0.4) is 0 Å². The molecule has 2 heterocycles. The maximum atomic E-state index is 12.9. The molecule has 26 heavy (non-hydrogen) atoms. The number of aromatic amines is 1. The zero-order valence-corrected chi connectivity index (χ0v) is 15.2. The van der Waals surface area contributed by atoms with Gasteiger partial charge in [-0.05, 0) is 31.0 Å². The number of H-pyrrole nitrogens is 1. The first-order valence-corrected chi connectivity index (χ1v) is 9.10. The van der Waals surface area contributed by atoms with Gasteiger partial charge in [0.25, 0.3) is 0 Å². The molecule has 1 aliphatic rings. The SMILES string of the molecule is Cc1nc(CCC(=O)N2CC(c3ccccc3)c3ccccc32)[nH]c1C. The summed E-state index contributed by atoms with van der Waals surface area (Å²) in [6, 6.07) is 18.7. The van der Waals surface area contributed by atoms with Crippen molar-refractivity contribution in [2.24, 2.45) is 0 Å². The highest BCUT2D eigenvalue weighted by molar-refractivity contribution is 5.96. The summed E-state index contributed by atoms with van der Waals surface area (Å²) in [5.41, 5.74) is 5.61. The molecule has 1 atom stereocenters. The Bertz CT molecular complexity index is 910. The quantitative estimate of drug-likeness (QED) is 0.773. The number of amides is 1. The Labute approximate surface area is 153 Å². The summed E-state index contributed by atoms with van der Waals surface area (Å²) in [6.45, 7) is 4.70. The molecule has 1 amide bonds. The Hall–Kier alpha value is -2.88. The molecule has 0 radical (unpaired) electrons. The minimum atomic E-state index is 0.155. The van der Waals surface area contributed by atoms with Crippen LogP contribution in [-0.4, -0.2) is 22.4 Å². The first kappa shape index (κ1) is 16.6. The van der Waals surface area contributed by atoms with E-state index in [1.807, 2.05) is 30.9 Å². The van der Waals surface area contributed by atoms with E-state index >= 15 is 0 Å². The molecule has 0 aliphatic carbocycles. The van der Waals surface area contributed by atoms with Gasteiger partial charge in [-0.3, -0.25) is 4.79 Å². The van der Waals surface area contributed by atoms with Gasteiger partial charge in [0.1, 0.15) is 5.82 Å². The second-order valence-corrected chi connectivity index (χ2v) is 6.92. The van der Waals surface area contributed by atoms with Gasteiger partial charge in [0.15, 0.2) is 0 Å². The molecule has 1 aromatic heterocycles. The van der Waals surface area contributed by atoms with Crippen molar-refractivity contribution < 1.29 is 4.79 Å². The monoisotopic (exact) mass is 345 g/mol. The predicted molar refractivity (Wildman–Crippen MR) is 103 cm³/mol. The number of fused-ring (bicyclic) bond motifs is 1. The Morgan fingerprint density at radius 2 is 1.85 bits per heavy atom. The van der Waals surface area contributed by atoms with Gasteiger partial charge in [-0.25, -0.2) is 4.98 Å². The standard InChI is InChI=1S/C22H23N3O/c1-15-16(2)24-21(23-15)12-13-22(26)25-14-19(17-8-4-3-5-9-17)18-10-6-7-11-20(18)25/h3-11,19H,12-14H2,1-2H3,(H,23,24). The Balaban J connectivity index is 1.54. The lowest BCUT2D eigenvalue weighted by Gasteiger charge is -2.18. The van der Waals surface area contributed by atoms with E-state index in [0.717, 1.165) is 22.9 Å². The molecule has 0 fully saturated rings. The van der Waals surface area contributed by atoms with Crippen LogP contribution in [0.15, 0.2) is 54.6 Å². The van der Waals surface area contributed by atoms with Gasteiger partial charge < -0.3 is 9.88 Å². The molecule has 1 unspecified atom stereocenters. The van der Waals surface area contributed by atoms with Crippen LogP contribution in [0.1, 0.15) is 40.7 Å². The molecule has 2 aromatic carbocycles. The Morgan fingerprint density at radius 1 is 1.12 bits per heavy atom. The van der Waals surface area contributed by atoms with Crippen molar-refractivity contribution in [3.63, 3.8) is 0 Å². The van der Waals surface area contributed by atoms with Crippen LogP contribution in [0.25, 0.3) is 0 Å².